The van der Waals surface area contributed by atoms with Crippen LogP contribution in [0.1, 0.15) is 65.4 Å². The molecular weight excluding hydrogens is 270 g/mol. The third kappa shape index (κ3) is 3.91. The van der Waals surface area contributed by atoms with Gasteiger partial charge in [-0.1, -0.05) is 43.7 Å². The van der Waals surface area contributed by atoms with E-state index in [1.807, 2.05) is 0 Å². The lowest BCUT2D eigenvalue weighted by Gasteiger charge is -2.56. The van der Waals surface area contributed by atoms with Crippen molar-refractivity contribution in [3.63, 3.8) is 0 Å². The second-order valence-corrected chi connectivity index (χ2v) is 7.54. The summed E-state index contributed by atoms with van der Waals surface area (Å²) in [6, 6.07) is 10.8. The third-order valence-corrected chi connectivity index (χ3v) is 5.29. The fourth-order valence-corrected chi connectivity index (χ4v) is 3.90. The summed E-state index contributed by atoms with van der Waals surface area (Å²) in [6.45, 7) is 9.21. The maximum Gasteiger partial charge on any atom is 0.122 e. The lowest BCUT2D eigenvalue weighted by molar-refractivity contribution is -0.253. The zero-order valence-corrected chi connectivity index (χ0v) is 15.1. The smallest absolute Gasteiger partial charge is 0.122 e. The largest absolute Gasteiger partial charge is 0.357 e. The van der Waals surface area contributed by atoms with Gasteiger partial charge in [-0.3, -0.25) is 4.90 Å². The highest BCUT2D eigenvalue weighted by Crippen LogP contribution is 2.41. The predicted octanol–water partition coefficient (Wildman–Crippen LogP) is 5.02. The van der Waals surface area contributed by atoms with Crippen LogP contribution < -0.4 is 0 Å². The summed E-state index contributed by atoms with van der Waals surface area (Å²) < 4.78 is 6.57. The van der Waals surface area contributed by atoms with E-state index >= 15 is 0 Å². The molecule has 1 aliphatic rings. The van der Waals surface area contributed by atoms with E-state index in [2.05, 4.69) is 70.0 Å². The van der Waals surface area contributed by atoms with Crippen LogP contribution in [0, 0.1) is 0 Å². The van der Waals surface area contributed by atoms with Gasteiger partial charge in [0.15, 0.2) is 0 Å². The van der Waals surface area contributed by atoms with Gasteiger partial charge in [0, 0.05) is 5.54 Å². The monoisotopic (exact) mass is 303 g/mol. The van der Waals surface area contributed by atoms with Crippen LogP contribution in [-0.4, -0.2) is 29.3 Å². The number of hydrogen-bond donors (Lipinski definition) is 0. The standard InChI is InChI=1S/C20H33NO/c1-6-7-14-20(15-13-18-11-9-8-10-12-18)21(5)19(3,4)16-17(2)22-20/h8-12,17H,6-7,13-16H2,1-5H3. The van der Waals surface area contributed by atoms with Crippen LogP contribution in [0.4, 0.5) is 0 Å². The van der Waals surface area contributed by atoms with Crippen LogP contribution in [0.15, 0.2) is 30.3 Å². The molecule has 1 aromatic rings. The number of aryl methyl sites for hydroxylation is 1. The summed E-state index contributed by atoms with van der Waals surface area (Å²) in [4.78, 5) is 2.51. The van der Waals surface area contributed by atoms with E-state index in [9.17, 15) is 0 Å². The van der Waals surface area contributed by atoms with Gasteiger partial charge in [-0.25, -0.2) is 0 Å². The first kappa shape index (κ1) is 17.5. The van der Waals surface area contributed by atoms with Crippen LogP contribution >= 0.6 is 0 Å². The van der Waals surface area contributed by atoms with E-state index in [4.69, 9.17) is 4.74 Å². The van der Waals surface area contributed by atoms with Gasteiger partial charge in [-0.05, 0) is 65.5 Å². The lowest BCUT2D eigenvalue weighted by Crippen LogP contribution is -2.63. The Kier molecular flexibility index (Phi) is 5.68. The topological polar surface area (TPSA) is 12.5 Å². The maximum absolute atomic E-state index is 6.57. The van der Waals surface area contributed by atoms with Crippen molar-refractivity contribution in [3.8, 4) is 0 Å². The molecule has 0 amide bonds. The van der Waals surface area contributed by atoms with Crippen LogP contribution in [0.25, 0.3) is 0 Å². The van der Waals surface area contributed by atoms with Crippen molar-refractivity contribution >= 4 is 0 Å². The number of nitrogens with zero attached hydrogens (tertiary/aromatic N) is 1. The van der Waals surface area contributed by atoms with Gasteiger partial charge in [0.1, 0.15) is 5.72 Å². The summed E-state index contributed by atoms with van der Waals surface area (Å²) in [5.74, 6) is 0. The molecule has 2 rings (SSSR count). The molecule has 22 heavy (non-hydrogen) atoms. The molecule has 1 saturated heterocycles. The zero-order valence-electron chi connectivity index (χ0n) is 15.1. The van der Waals surface area contributed by atoms with Crippen molar-refractivity contribution in [2.45, 2.75) is 83.6 Å². The summed E-state index contributed by atoms with van der Waals surface area (Å²) >= 11 is 0. The molecule has 2 atom stereocenters. The van der Waals surface area contributed by atoms with Crippen molar-refractivity contribution in [1.82, 2.24) is 4.90 Å². The molecule has 2 heteroatoms. The summed E-state index contributed by atoms with van der Waals surface area (Å²) in [6.07, 6.45) is 7.15. The van der Waals surface area contributed by atoms with Crippen molar-refractivity contribution in [3.05, 3.63) is 35.9 Å². The molecule has 1 aromatic carbocycles. The van der Waals surface area contributed by atoms with Crippen LogP contribution in [0.3, 0.4) is 0 Å². The second-order valence-electron chi connectivity index (χ2n) is 7.54. The Morgan fingerprint density at radius 1 is 1.18 bits per heavy atom. The fraction of sp³-hybridized carbons (Fsp3) is 0.700. The van der Waals surface area contributed by atoms with Gasteiger partial charge in [0.2, 0.25) is 0 Å². The minimum atomic E-state index is -0.118. The van der Waals surface area contributed by atoms with E-state index in [1.165, 1.54) is 18.4 Å². The molecule has 0 saturated carbocycles. The van der Waals surface area contributed by atoms with Crippen molar-refractivity contribution in [1.29, 1.82) is 0 Å². The molecule has 0 bridgehead atoms. The highest BCUT2D eigenvalue weighted by molar-refractivity contribution is 5.15. The zero-order chi connectivity index (χ0) is 16.2. The molecule has 2 unspecified atom stereocenters. The van der Waals surface area contributed by atoms with Gasteiger partial charge >= 0.3 is 0 Å². The fourth-order valence-electron chi connectivity index (χ4n) is 3.90. The molecule has 2 nitrogen and oxygen atoms in total. The van der Waals surface area contributed by atoms with E-state index in [1.54, 1.807) is 0 Å². The molecule has 0 N–H and O–H groups in total. The highest BCUT2D eigenvalue weighted by Gasteiger charge is 2.47. The van der Waals surface area contributed by atoms with Gasteiger partial charge in [0.25, 0.3) is 0 Å². The lowest BCUT2D eigenvalue weighted by atomic mass is 9.85. The Balaban J connectivity index is 2.18. The van der Waals surface area contributed by atoms with E-state index < -0.39 is 0 Å². The predicted molar refractivity (Wildman–Crippen MR) is 94.0 cm³/mol. The first-order chi connectivity index (χ1) is 10.4. The molecule has 124 valence electrons. The van der Waals surface area contributed by atoms with Gasteiger partial charge in [-0.15, -0.1) is 0 Å². The van der Waals surface area contributed by atoms with Crippen LogP contribution in [-0.2, 0) is 11.2 Å². The van der Waals surface area contributed by atoms with Crippen molar-refractivity contribution in [2.75, 3.05) is 7.05 Å². The minimum Gasteiger partial charge on any atom is -0.357 e. The number of unbranched alkanes of at least 4 members (excludes halogenated alkanes) is 1. The Morgan fingerprint density at radius 2 is 1.86 bits per heavy atom. The van der Waals surface area contributed by atoms with Gasteiger partial charge in [-0.2, -0.15) is 0 Å². The minimum absolute atomic E-state index is 0.118. The average molecular weight is 303 g/mol. The molecule has 0 aliphatic carbocycles. The molecule has 1 aliphatic heterocycles. The first-order valence-corrected chi connectivity index (χ1v) is 8.85. The average Bonchev–Trinajstić information content (AvgIpc) is 2.49. The van der Waals surface area contributed by atoms with Gasteiger partial charge in [0.05, 0.1) is 6.10 Å². The maximum atomic E-state index is 6.57. The van der Waals surface area contributed by atoms with Crippen molar-refractivity contribution in [2.24, 2.45) is 0 Å². The van der Waals surface area contributed by atoms with E-state index in [0.717, 1.165) is 25.7 Å². The van der Waals surface area contributed by atoms with E-state index in [-0.39, 0.29) is 11.3 Å². The Labute approximate surface area is 136 Å². The number of ether oxygens (including phenoxy) is 1. The number of rotatable bonds is 6. The third-order valence-electron chi connectivity index (χ3n) is 5.29. The van der Waals surface area contributed by atoms with Crippen LogP contribution in [0.2, 0.25) is 0 Å². The summed E-state index contributed by atoms with van der Waals surface area (Å²) in [5.41, 5.74) is 1.49. The molecule has 0 radical (unpaired) electrons. The van der Waals surface area contributed by atoms with Gasteiger partial charge < -0.3 is 4.74 Å². The summed E-state index contributed by atoms with van der Waals surface area (Å²) in [7, 11) is 2.26. The molecule has 0 aromatic heterocycles. The highest BCUT2D eigenvalue weighted by atomic mass is 16.5. The van der Waals surface area contributed by atoms with Crippen molar-refractivity contribution < 1.29 is 4.74 Å². The molecule has 1 heterocycles. The molecule has 1 fully saturated rings. The molecule has 0 spiro atoms. The Morgan fingerprint density at radius 3 is 2.50 bits per heavy atom. The van der Waals surface area contributed by atoms with E-state index in [0.29, 0.717) is 6.10 Å². The Hall–Kier alpha value is -0.860. The molecular formula is C20H33NO. The first-order valence-electron chi connectivity index (χ1n) is 8.85. The number of benzene rings is 1. The normalized spacial score (nSPS) is 28.7. The summed E-state index contributed by atoms with van der Waals surface area (Å²) in [5, 5.41) is 0. The van der Waals surface area contributed by atoms with Crippen LogP contribution in [0.5, 0.6) is 0 Å². The SMILES string of the molecule is CCCCC1(CCc2ccccc2)OC(C)CC(C)(C)N1C. The Bertz CT molecular complexity index is 456. The number of hydrogen-bond acceptors (Lipinski definition) is 2. The second kappa shape index (κ2) is 7.14. The quantitative estimate of drug-likeness (QED) is 0.731.